The molecule has 0 unspecified atom stereocenters. The molecule has 0 radical (unpaired) electrons. The van der Waals surface area contributed by atoms with Crippen LogP contribution in [-0.4, -0.2) is 22.2 Å². The molecule has 0 saturated carbocycles. The van der Waals surface area contributed by atoms with Gasteiger partial charge in [-0.1, -0.05) is 12.1 Å². The summed E-state index contributed by atoms with van der Waals surface area (Å²) in [7, 11) is 1.85. The van der Waals surface area contributed by atoms with Crippen molar-refractivity contribution in [1.29, 1.82) is 0 Å². The van der Waals surface area contributed by atoms with Gasteiger partial charge in [0.2, 0.25) is 0 Å². The second-order valence-electron chi connectivity index (χ2n) is 5.49. The number of carbonyl (C=O) groups is 1. The number of carbonyl (C=O) groups excluding carboxylic acids is 1. The Labute approximate surface area is 124 Å². The zero-order valence-electron chi connectivity index (χ0n) is 12.7. The molecule has 2 aromatic rings. The lowest BCUT2D eigenvalue weighted by Gasteiger charge is -2.21. The van der Waals surface area contributed by atoms with Crippen LogP contribution in [0.15, 0.2) is 18.2 Å². The quantitative estimate of drug-likeness (QED) is 0.891. The summed E-state index contributed by atoms with van der Waals surface area (Å²) in [5, 5.41) is 10.7. The number of hydrogen-bond acceptors (Lipinski definition) is 3. The van der Waals surface area contributed by atoms with Crippen LogP contribution >= 0.6 is 0 Å². The number of rotatable bonds is 2. The molecule has 0 aliphatic carbocycles. The number of fused-ring (bicyclic) bond motifs is 1. The Balaban J connectivity index is 1.92. The first-order chi connectivity index (χ1) is 10.1. The molecule has 0 saturated heterocycles. The normalized spacial score (nSPS) is 13.5. The van der Waals surface area contributed by atoms with E-state index in [-0.39, 0.29) is 5.91 Å². The van der Waals surface area contributed by atoms with E-state index in [1.807, 2.05) is 33.0 Å². The molecule has 110 valence electrons. The average Bonchev–Trinajstić information content (AvgIpc) is 2.72. The third kappa shape index (κ3) is 2.39. The van der Waals surface area contributed by atoms with Crippen LogP contribution in [0, 0.1) is 13.8 Å². The van der Waals surface area contributed by atoms with Crippen molar-refractivity contribution in [3.63, 3.8) is 0 Å². The third-order valence-corrected chi connectivity index (χ3v) is 4.06. The van der Waals surface area contributed by atoms with Crippen molar-refractivity contribution in [1.82, 2.24) is 9.78 Å². The highest BCUT2D eigenvalue weighted by Gasteiger charge is 2.19. The van der Waals surface area contributed by atoms with Crippen LogP contribution in [0.5, 0.6) is 0 Å². The Morgan fingerprint density at radius 1 is 1.38 bits per heavy atom. The predicted molar refractivity (Wildman–Crippen MR) is 83.9 cm³/mol. The van der Waals surface area contributed by atoms with E-state index in [0.29, 0.717) is 5.56 Å². The topological polar surface area (TPSA) is 59.0 Å². The minimum absolute atomic E-state index is 0.0983. The number of anilines is 2. The Morgan fingerprint density at radius 2 is 2.19 bits per heavy atom. The number of hydrogen-bond donors (Lipinski definition) is 2. The number of para-hydroxylation sites is 1. The maximum absolute atomic E-state index is 12.6. The fourth-order valence-corrected chi connectivity index (χ4v) is 2.90. The van der Waals surface area contributed by atoms with Crippen molar-refractivity contribution in [2.45, 2.75) is 26.7 Å². The van der Waals surface area contributed by atoms with E-state index in [9.17, 15) is 4.79 Å². The van der Waals surface area contributed by atoms with Gasteiger partial charge in [-0.05, 0) is 38.3 Å². The summed E-state index contributed by atoms with van der Waals surface area (Å²) in [5.41, 5.74) is 5.45. The van der Waals surface area contributed by atoms with Crippen molar-refractivity contribution >= 4 is 17.3 Å². The fourth-order valence-electron chi connectivity index (χ4n) is 2.90. The summed E-state index contributed by atoms with van der Waals surface area (Å²) >= 11 is 0. The summed E-state index contributed by atoms with van der Waals surface area (Å²) in [6.07, 6.45) is 2.18. The molecule has 1 aromatic carbocycles. The molecule has 0 fully saturated rings. The van der Waals surface area contributed by atoms with Gasteiger partial charge in [0.25, 0.3) is 5.91 Å². The van der Waals surface area contributed by atoms with E-state index in [0.717, 1.165) is 42.1 Å². The highest BCUT2D eigenvalue weighted by atomic mass is 16.1. The van der Waals surface area contributed by atoms with Gasteiger partial charge in [0.15, 0.2) is 0 Å². The molecule has 1 aliphatic heterocycles. The van der Waals surface area contributed by atoms with Crippen LogP contribution in [0.4, 0.5) is 11.4 Å². The van der Waals surface area contributed by atoms with E-state index < -0.39 is 0 Å². The molecule has 2 N–H and O–H groups in total. The second-order valence-corrected chi connectivity index (χ2v) is 5.49. The van der Waals surface area contributed by atoms with E-state index in [1.54, 1.807) is 4.68 Å². The monoisotopic (exact) mass is 284 g/mol. The number of aryl methyl sites for hydroxylation is 3. The summed E-state index contributed by atoms with van der Waals surface area (Å²) in [6.45, 7) is 4.72. The minimum Gasteiger partial charge on any atom is -0.383 e. The smallest absolute Gasteiger partial charge is 0.259 e. The molecular formula is C16H20N4O. The number of aromatic nitrogens is 2. The molecule has 3 rings (SSSR count). The average molecular weight is 284 g/mol. The lowest BCUT2D eigenvalue weighted by molar-refractivity contribution is 0.102. The molecule has 2 heterocycles. The predicted octanol–water partition coefficient (Wildman–Crippen LogP) is 2.65. The van der Waals surface area contributed by atoms with Crippen molar-refractivity contribution < 1.29 is 4.79 Å². The van der Waals surface area contributed by atoms with E-state index in [4.69, 9.17) is 0 Å². The lowest BCUT2D eigenvalue weighted by Crippen LogP contribution is -2.18. The molecule has 1 aliphatic rings. The van der Waals surface area contributed by atoms with Crippen LogP contribution in [0.2, 0.25) is 0 Å². The molecule has 1 aromatic heterocycles. The van der Waals surface area contributed by atoms with Gasteiger partial charge in [0, 0.05) is 19.3 Å². The molecule has 5 heteroatoms. The number of amides is 1. The Morgan fingerprint density at radius 3 is 2.90 bits per heavy atom. The van der Waals surface area contributed by atoms with Gasteiger partial charge in [-0.2, -0.15) is 5.10 Å². The van der Waals surface area contributed by atoms with E-state index in [1.165, 1.54) is 5.56 Å². The van der Waals surface area contributed by atoms with Gasteiger partial charge >= 0.3 is 0 Å². The van der Waals surface area contributed by atoms with Crippen LogP contribution < -0.4 is 10.6 Å². The maximum atomic E-state index is 12.6. The van der Waals surface area contributed by atoms with Crippen LogP contribution in [-0.2, 0) is 13.5 Å². The Hall–Kier alpha value is -2.30. The number of nitrogens with one attached hydrogen (secondary N) is 2. The van der Waals surface area contributed by atoms with Gasteiger partial charge in [-0.25, -0.2) is 0 Å². The highest BCUT2D eigenvalue weighted by Crippen LogP contribution is 2.30. The van der Waals surface area contributed by atoms with Gasteiger partial charge in [0.05, 0.1) is 22.6 Å². The first kappa shape index (κ1) is 13.7. The highest BCUT2D eigenvalue weighted by molar-refractivity contribution is 6.07. The zero-order valence-corrected chi connectivity index (χ0v) is 12.7. The van der Waals surface area contributed by atoms with Crippen molar-refractivity contribution in [2.75, 3.05) is 17.2 Å². The fraction of sp³-hybridized carbons (Fsp3) is 0.375. The Kier molecular flexibility index (Phi) is 3.41. The van der Waals surface area contributed by atoms with Crippen LogP contribution in [0.3, 0.4) is 0 Å². The largest absolute Gasteiger partial charge is 0.383 e. The van der Waals surface area contributed by atoms with E-state index in [2.05, 4.69) is 21.8 Å². The molecule has 0 bridgehead atoms. The molecule has 21 heavy (non-hydrogen) atoms. The number of benzene rings is 1. The maximum Gasteiger partial charge on any atom is 0.259 e. The van der Waals surface area contributed by atoms with Gasteiger partial charge in [-0.15, -0.1) is 0 Å². The van der Waals surface area contributed by atoms with Gasteiger partial charge in [0.1, 0.15) is 0 Å². The zero-order chi connectivity index (χ0) is 15.0. The first-order valence-corrected chi connectivity index (χ1v) is 7.25. The number of nitrogens with zero attached hydrogens (tertiary/aromatic N) is 2. The van der Waals surface area contributed by atoms with E-state index >= 15 is 0 Å². The minimum atomic E-state index is -0.0983. The van der Waals surface area contributed by atoms with Crippen molar-refractivity contribution in [2.24, 2.45) is 7.05 Å². The standard InChI is InChI=1S/C16H20N4O/c1-10-14(11(2)20(3)19-10)16(21)18-13-8-4-6-12-7-5-9-17-15(12)13/h4,6,8,17H,5,7,9H2,1-3H3,(H,18,21). The second kappa shape index (κ2) is 5.24. The molecule has 1 amide bonds. The van der Waals surface area contributed by atoms with Gasteiger partial charge < -0.3 is 10.6 Å². The molecular weight excluding hydrogens is 264 g/mol. The van der Waals surface area contributed by atoms with Gasteiger partial charge in [-0.3, -0.25) is 9.48 Å². The first-order valence-electron chi connectivity index (χ1n) is 7.25. The Bertz CT molecular complexity index is 703. The van der Waals surface area contributed by atoms with Crippen LogP contribution in [0.25, 0.3) is 0 Å². The third-order valence-electron chi connectivity index (χ3n) is 4.06. The molecule has 0 atom stereocenters. The SMILES string of the molecule is Cc1nn(C)c(C)c1C(=O)Nc1cccc2c1NCCC2. The van der Waals surface area contributed by atoms with Crippen molar-refractivity contribution in [3.8, 4) is 0 Å². The molecule has 5 nitrogen and oxygen atoms in total. The lowest BCUT2D eigenvalue weighted by atomic mass is 10.0. The summed E-state index contributed by atoms with van der Waals surface area (Å²) in [5.74, 6) is -0.0983. The van der Waals surface area contributed by atoms with Crippen molar-refractivity contribution in [3.05, 3.63) is 40.7 Å². The molecule has 0 spiro atoms. The van der Waals surface area contributed by atoms with Crippen LogP contribution in [0.1, 0.15) is 33.7 Å². The summed E-state index contributed by atoms with van der Waals surface area (Å²) < 4.78 is 1.74. The summed E-state index contributed by atoms with van der Waals surface area (Å²) in [6, 6.07) is 6.04. The summed E-state index contributed by atoms with van der Waals surface area (Å²) in [4.78, 5) is 12.6.